The van der Waals surface area contributed by atoms with Crippen LogP contribution < -0.4 is 11.1 Å². The maximum absolute atomic E-state index is 5.68. The molecular weight excluding hydrogens is 178 g/mol. The Morgan fingerprint density at radius 1 is 1.64 bits per heavy atom. The highest BCUT2D eigenvalue weighted by Crippen LogP contribution is 2.20. The SMILES string of the molecule is CCCNC(N)=NCC1CCOC1C. The average molecular weight is 199 g/mol. The molecule has 1 heterocycles. The van der Waals surface area contributed by atoms with Crippen LogP contribution in [0.4, 0.5) is 0 Å². The first kappa shape index (κ1) is 11.3. The van der Waals surface area contributed by atoms with Gasteiger partial charge in [-0.25, -0.2) is 0 Å². The van der Waals surface area contributed by atoms with Crippen molar-refractivity contribution < 1.29 is 4.74 Å². The monoisotopic (exact) mass is 199 g/mol. The zero-order valence-corrected chi connectivity index (χ0v) is 9.12. The summed E-state index contributed by atoms with van der Waals surface area (Å²) >= 11 is 0. The summed E-state index contributed by atoms with van der Waals surface area (Å²) in [6, 6.07) is 0. The lowest BCUT2D eigenvalue weighted by molar-refractivity contribution is 0.107. The summed E-state index contributed by atoms with van der Waals surface area (Å²) in [4.78, 5) is 4.30. The van der Waals surface area contributed by atoms with Crippen LogP contribution in [0.2, 0.25) is 0 Å². The van der Waals surface area contributed by atoms with Crippen LogP contribution in [0.15, 0.2) is 4.99 Å². The molecule has 0 aliphatic carbocycles. The predicted octanol–water partition coefficient (Wildman–Crippen LogP) is 0.726. The average Bonchev–Trinajstić information content (AvgIpc) is 2.58. The van der Waals surface area contributed by atoms with Crippen LogP contribution in [0.1, 0.15) is 26.7 Å². The van der Waals surface area contributed by atoms with Gasteiger partial charge in [0.1, 0.15) is 0 Å². The van der Waals surface area contributed by atoms with Crippen LogP contribution in [0.5, 0.6) is 0 Å². The first-order valence-electron chi connectivity index (χ1n) is 5.39. The van der Waals surface area contributed by atoms with E-state index in [4.69, 9.17) is 10.5 Å². The molecule has 82 valence electrons. The number of hydrogen-bond acceptors (Lipinski definition) is 2. The lowest BCUT2D eigenvalue weighted by Crippen LogP contribution is -2.33. The topological polar surface area (TPSA) is 59.6 Å². The van der Waals surface area contributed by atoms with E-state index < -0.39 is 0 Å². The van der Waals surface area contributed by atoms with Gasteiger partial charge in [-0.2, -0.15) is 0 Å². The zero-order valence-electron chi connectivity index (χ0n) is 9.12. The summed E-state index contributed by atoms with van der Waals surface area (Å²) in [5.41, 5.74) is 5.68. The van der Waals surface area contributed by atoms with E-state index in [9.17, 15) is 0 Å². The van der Waals surface area contributed by atoms with Crippen LogP contribution in [0.25, 0.3) is 0 Å². The Morgan fingerprint density at radius 2 is 2.43 bits per heavy atom. The molecule has 1 fully saturated rings. The van der Waals surface area contributed by atoms with E-state index in [1.165, 1.54) is 0 Å². The fourth-order valence-corrected chi connectivity index (χ4v) is 1.54. The molecule has 14 heavy (non-hydrogen) atoms. The zero-order chi connectivity index (χ0) is 10.4. The molecule has 0 saturated carbocycles. The Bertz CT molecular complexity index is 194. The van der Waals surface area contributed by atoms with E-state index in [-0.39, 0.29) is 0 Å². The van der Waals surface area contributed by atoms with Gasteiger partial charge in [0.05, 0.1) is 6.10 Å². The van der Waals surface area contributed by atoms with E-state index in [0.29, 0.717) is 18.0 Å². The van der Waals surface area contributed by atoms with Crippen LogP contribution >= 0.6 is 0 Å². The second-order valence-corrected chi connectivity index (χ2v) is 3.78. The van der Waals surface area contributed by atoms with Crippen molar-refractivity contribution in [3.8, 4) is 0 Å². The van der Waals surface area contributed by atoms with Crippen molar-refractivity contribution in [3.63, 3.8) is 0 Å². The van der Waals surface area contributed by atoms with Gasteiger partial charge >= 0.3 is 0 Å². The largest absolute Gasteiger partial charge is 0.378 e. The predicted molar refractivity (Wildman–Crippen MR) is 58.3 cm³/mol. The molecule has 3 N–H and O–H groups in total. The minimum Gasteiger partial charge on any atom is -0.378 e. The van der Waals surface area contributed by atoms with Crippen LogP contribution in [-0.2, 0) is 4.74 Å². The van der Waals surface area contributed by atoms with Gasteiger partial charge in [0.25, 0.3) is 0 Å². The van der Waals surface area contributed by atoms with Crippen LogP contribution in [0.3, 0.4) is 0 Å². The van der Waals surface area contributed by atoms with E-state index in [0.717, 1.165) is 32.5 Å². The Labute approximate surface area is 85.9 Å². The molecule has 1 aliphatic heterocycles. The second kappa shape index (κ2) is 5.86. The van der Waals surface area contributed by atoms with Gasteiger partial charge in [-0.1, -0.05) is 6.92 Å². The number of ether oxygens (including phenoxy) is 1. The first-order chi connectivity index (χ1) is 6.74. The Morgan fingerprint density at radius 3 is 3.00 bits per heavy atom. The van der Waals surface area contributed by atoms with Gasteiger partial charge in [-0.05, 0) is 19.8 Å². The maximum atomic E-state index is 5.68. The highest BCUT2D eigenvalue weighted by atomic mass is 16.5. The molecule has 0 spiro atoms. The van der Waals surface area contributed by atoms with Crippen molar-refractivity contribution in [1.29, 1.82) is 0 Å². The van der Waals surface area contributed by atoms with Gasteiger partial charge < -0.3 is 15.8 Å². The first-order valence-corrected chi connectivity index (χ1v) is 5.39. The third-order valence-corrected chi connectivity index (χ3v) is 2.59. The lowest BCUT2D eigenvalue weighted by Gasteiger charge is -2.11. The van der Waals surface area contributed by atoms with Crippen LogP contribution in [-0.4, -0.2) is 31.8 Å². The molecule has 0 radical (unpaired) electrons. The van der Waals surface area contributed by atoms with Crippen molar-refractivity contribution in [3.05, 3.63) is 0 Å². The Hall–Kier alpha value is -0.770. The third-order valence-electron chi connectivity index (χ3n) is 2.59. The molecule has 0 aromatic rings. The van der Waals surface area contributed by atoms with Crippen molar-refractivity contribution in [2.24, 2.45) is 16.6 Å². The summed E-state index contributed by atoms with van der Waals surface area (Å²) in [6.45, 7) is 6.75. The molecule has 2 atom stereocenters. The van der Waals surface area contributed by atoms with E-state index in [1.54, 1.807) is 0 Å². The fraction of sp³-hybridized carbons (Fsp3) is 0.900. The van der Waals surface area contributed by atoms with Gasteiger partial charge in [0, 0.05) is 25.6 Å². The number of aliphatic imine (C=N–C) groups is 1. The van der Waals surface area contributed by atoms with Crippen molar-refractivity contribution in [2.45, 2.75) is 32.8 Å². The molecule has 0 amide bonds. The van der Waals surface area contributed by atoms with E-state index >= 15 is 0 Å². The second-order valence-electron chi connectivity index (χ2n) is 3.78. The molecule has 4 nitrogen and oxygen atoms in total. The van der Waals surface area contributed by atoms with Gasteiger partial charge in [0.15, 0.2) is 5.96 Å². The van der Waals surface area contributed by atoms with Gasteiger partial charge in [-0.15, -0.1) is 0 Å². The number of nitrogens with one attached hydrogen (secondary N) is 1. The molecular formula is C10H21N3O. The molecule has 0 aromatic heterocycles. The number of nitrogens with zero attached hydrogens (tertiary/aromatic N) is 1. The quantitative estimate of drug-likeness (QED) is 0.518. The number of hydrogen-bond donors (Lipinski definition) is 2. The smallest absolute Gasteiger partial charge is 0.188 e. The summed E-state index contributed by atoms with van der Waals surface area (Å²) in [7, 11) is 0. The molecule has 0 aromatic carbocycles. The Kier molecular flexibility index (Phi) is 4.73. The molecule has 0 bridgehead atoms. The molecule has 2 unspecified atom stereocenters. The molecule has 4 heteroatoms. The molecule has 1 saturated heterocycles. The number of nitrogens with two attached hydrogens (primary N) is 1. The minimum absolute atomic E-state index is 0.331. The number of rotatable bonds is 4. The molecule has 1 aliphatic rings. The highest BCUT2D eigenvalue weighted by molar-refractivity contribution is 5.77. The van der Waals surface area contributed by atoms with Crippen molar-refractivity contribution >= 4 is 5.96 Å². The van der Waals surface area contributed by atoms with Gasteiger partial charge in [0.2, 0.25) is 0 Å². The summed E-state index contributed by atoms with van der Waals surface area (Å²) in [5, 5.41) is 3.06. The third kappa shape index (κ3) is 3.54. The lowest BCUT2D eigenvalue weighted by atomic mass is 10.0. The van der Waals surface area contributed by atoms with E-state index in [1.807, 2.05) is 0 Å². The summed E-state index contributed by atoms with van der Waals surface area (Å²) < 4.78 is 5.45. The standard InChI is InChI=1S/C10H21N3O/c1-3-5-12-10(11)13-7-9-4-6-14-8(9)2/h8-9H,3-7H2,1-2H3,(H3,11,12,13). The normalized spacial score (nSPS) is 28.0. The van der Waals surface area contributed by atoms with Crippen LogP contribution in [0, 0.1) is 5.92 Å². The fourth-order valence-electron chi connectivity index (χ4n) is 1.54. The van der Waals surface area contributed by atoms with E-state index in [2.05, 4.69) is 24.2 Å². The van der Waals surface area contributed by atoms with Crippen molar-refractivity contribution in [1.82, 2.24) is 5.32 Å². The number of guanidine groups is 1. The highest BCUT2D eigenvalue weighted by Gasteiger charge is 2.23. The molecule has 1 rings (SSSR count). The maximum Gasteiger partial charge on any atom is 0.188 e. The van der Waals surface area contributed by atoms with Crippen molar-refractivity contribution in [2.75, 3.05) is 19.7 Å². The minimum atomic E-state index is 0.331. The Balaban J connectivity index is 2.23. The summed E-state index contributed by atoms with van der Waals surface area (Å²) in [5.74, 6) is 1.10. The summed E-state index contributed by atoms with van der Waals surface area (Å²) in [6.07, 6.45) is 2.50. The van der Waals surface area contributed by atoms with Gasteiger partial charge in [-0.3, -0.25) is 4.99 Å².